The summed E-state index contributed by atoms with van der Waals surface area (Å²) in [5.41, 5.74) is 5.72. The van der Waals surface area contributed by atoms with Gasteiger partial charge < -0.3 is 19.8 Å². The van der Waals surface area contributed by atoms with Gasteiger partial charge in [0, 0.05) is 19.0 Å². The highest BCUT2D eigenvalue weighted by molar-refractivity contribution is 5.98. The molecule has 0 radical (unpaired) electrons. The van der Waals surface area contributed by atoms with Crippen molar-refractivity contribution in [2.45, 2.75) is 46.5 Å². The third-order valence-electron chi connectivity index (χ3n) is 4.11. The lowest BCUT2D eigenvalue weighted by atomic mass is 10.0. The fraction of sp³-hybridized carbons (Fsp3) is 0.500. The summed E-state index contributed by atoms with van der Waals surface area (Å²) in [5, 5.41) is 9.07. The van der Waals surface area contributed by atoms with Gasteiger partial charge >= 0.3 is 5.97 Å². The first-order valence-electron chi connectivity index (χ1n) is 8.35. The van der Waals surface area contributed by atoms with Gasteiger partial charge in [0.1, 0.15) is 0 Å². The van der Waals surface area contributed by atoms with E-state index >= 15 is 0 Å². The van der Waals surface area contributed by atoms with E-state index in [0.717, 1.165) is 29.8 Å². The Kier molecular flexibility index (Phi) is 6.04. The molecule has 0 unspecified atom stereocenters. The maximum Gasteiger partial charge on any atom is 0.340 e. The highest BCUT2D eigenvalue weighted by atomic mass is 16.5. The van der Waals surface area contributed by atoms with Crippen LogP contribution in [-0.2, 0) is 24.0 Å². The van der Waals surface area contributed by atoms with Crippen LogP contribution in [0.15, 0.2) is 12.4 Å². The van der Waals surface area contributed by atoms with Crippen LogP contribution in [0.3, 0.4) is 0 Å². The van der Waals surface area contributed by atoms with Crippen LogP contribution in [0.25, 0.3) is 11.4 Å². The Labute approximate surface area is 137 Å². The molecule has 23 heavy (non-hydrogen) atoms. The smallest absolute Gasteiger partial charge is 0.340 e. The molecule has 126 valence electrons. The number of aliphatic hydroxyl groups is 1. The van der Waals surface area contributed by atoms with E-state index in [4.69, 9.17) is 9.84 Å². The first kappa shape index (κ1) is 17.3. The van der Waals surface area contributed by atoms with Crippen LogP contribution < -0.4 is 0 Å². The minimum Gasteiger partial charge on any atom is -0.462 e. The van der Waals surface area contributed by atoms with Crippen LogP contribution in [0.5, 0.6) is 0 Å². The summed E-state index contributed by atoms with van der Waals surface area (Å²) >= 11 is 0. The number of H-pyrrole nitrogens is 2. The number of esters is 1. The molecule has 0 aliphatic rings. The number of ether oxygens (including phenoxy) is 1. The van der Waals surface area contributed by atoms with E-state index in [0.29, 0.717) is 25.0 Å². The number of aryl methyl sites for hydroxylation is 2. The van der Waals surface area contributed by atoms with Crippen LogP contribution in [0, 0.1) is 0 Å². The number of nitrogens with one attached hydrogen (secondary N) is 2. The number of aromatic amines is 2. The lowest BCUT2D eigenvalue weighted by molar-refractivity contribution is 0.0526. The molecule has 2 aromatic rings. The highest BCUT2D eigenvalue weighted by Gasteiger charge is 2.23. The van der Waals surface area contributed by atoms with Crippen LogP contribution in [-0.4, -0.2) is 34.3 Å². The molecule has 0 amide bonds. The van der Waals surface area contributed by atoms with Gasteiger partial charge in [0.05, 0.1) is 23.6 Å². The molecular formula is C18H26N2O3. The normalized spacial score (nSPS) is 11.0. The quantitative estimate of drug-likeness (QED) is 0.654. The Balaban J connectivity index is 2.51. The summed E-state index contributed by atoms with van der Waals surface area (Å²) in [6, 6.07) is 0. The molecule has 3 N–H and O–H groups in total. The standard InChI is InChI=1S/C18H26N2O3/c1-4-12-10-19-16(14(12)5-2)17-15(18(22)23-6-3)13(11-20-17)8-7-9-21/h10-11,19-21H,4-9H2,1-3H3. The molecule has 2 rings (SSSR count). The average molecular weight is 318 g/mol. The number of aromatic nitrogens is 2. The van der Waals surface area contributed by atoms with Crippen LogP contribution >= 0.6 is 0 Å². The summed E-state index contributed by atoms with van der Waals surface area (Å²) in [4.78, 5) is 19.0. The number of hydrogen-bond acceptors (Lipinski definition) is 3. The Morgan fingerprint density at radius 1 is 1.09 bits per heavy atom. The van der Waals surface area contributed by atoms with E-state index in [1.807, 2.05) is 12.4 Å². The summed E-state index contributed by atoms with van der Waals surface area (Å²) in [6.07, 6.45) is 6.97. The van der Waals surface area contributed by atoms with Crippen LogP contribution in [0.4, 0.5) is 0 Å². The molecular weight excluding hydrogens is 292 g/mol. The van der Waals surface area contributed by atoms with Crippen molar-refractivity contribution in [3.8, 4) is 11.4 Å². The lowest BCUT2D eigenvalue weighted by Crippen LogP contribution is -2.08. The minimum absolute atomic E-state index is 0.103. The predicted octanol–water partition coefficient (Wildman–Crippen LogP) is 3.24. The van der Waals surface area contributed by atoms with Crippen molar-refractivity contribution in [2.24, 2.45) is 0 Å². The molecule has 0 aromatic carbocycles. The third-order valence-corrected chi connectivity index (χ3v) is 4.11. The van der Waals surface area contributed by atoms with Crippen molar-refractivity contribution in [1.29, 1.82) is 0 Å². The molecule has 0 aliphatic carbocycles. The predicted molar refractivity (Wildman–Crippen MR) is 90.7 cm³/mol. The van der Waals surface area contributed by atoms with E-state index in [-0.39, 0.29) is 12.6 Å². The zero-order valence-corrected chi connectivity index (χ0v) is 14.2. The van der Waals surface area contributed by atoms with Gasteiger partial charge in [-0.3, -0.25) is 0 Å². The van der Waals surface area contributed by atoms with Crippen LogP contribution in [0.2, 0.25) is 0 Å². The number of carbonyl (C=O) groups is 1. The van der Waals surface area contributed by atoms with E-state index < -0.39 is 0 Å². The number of rotatable bonds is 8. The van der Waals surface area contributed by atoms with Crippen molar-refractivity contribution in [3.05, 3.63) is 34.6 Å². The van der Waals surface area contributed by atoms with Gasteiger partial charge in [-0.25, -0.2) is 4.79 Å². The van der Waals surface area contributed by atoms with Gasteiger partial charge in [-0.15, -0.1) is 0 Å². The van der Waals surface area contributed by atoms with E-state index in [1.165, 1.54) is 11.1 Å². The zero-order chi connectivity index (χ0) is 16.8. The lowest BCUT2D eigenvalue weighted by Gasteiger charge is -2.08. The van der Waals surface area contributed by atoms with E-state index in [2.05, 4.69) is 23.8 Å². The molecule has 0 bridgehead atoms. The number of carbonyl (C=O) groups excluding carboxylic acids is 1. The molecule has 0 atom stereocenters. The monoisotopic (exact) mass is 318 g/mol. The summed E-state index contributed by atoms with van der Waals surface area (Å²) < 4.78 is 5.24. The van der Waals surface area contributed by atoms with Crippen molar-refractivity contribution in [1.82, 2.24) is 9.97 Å². The molecule has 0 saturated carbocycles. The second-order valence-electron chi connectivity index (χ2n) is 5.49. The van der Waals surface area contributed by atoms with E-state index in [9.17, 15) is 4.79 Å². The average Bonchev–Trinajstić information content (AvgIpc) is 3.15. The topological polar surface area (TPSA) is 78.1 Å². The maximum absolute atomic E-state index is 12.4. The Bertz CT molecular complexity index is 655. The maximum atomic E-state index is 12.4. The molecule has 0 saturated heterocycles. The Hall–Kier alpha value is -2.01. The van der Waals surface area contributed by atoms with Gasteiger partial charge in [0.15, 0.2) is 0 Å². The first-order chi connectivity index (χ1) is 11.2. The van der Waals surface area contributed by atoms with Crippen molar-refractivity contribution >= 4 is 5.97 Å². The second kappa shape index (κ2) is 8.02. The van der Waals surface area contributed by atoms with E-state index in [1.54, 1.807) is 6.92 Å². The summed E-state index contributed by atoms with van der Waals surface area (Å²) in [5.74, 6) is -0.314. The number of hydrogen-bond donors (Lipinski definition) is 3. The molecule has 0 spiro atoms. The fourth-order valence-corrected chi connectivity index (χ4v) is 3.00. The SMILES string of the molecule is CCOC(=O)c1c(CCCO)c[nH]c1-c1[nH]cc(CC)c1CC. The molecule has 5 nitrogen and oxygen atoms in total. The van der Waals surface area contributed by atoms with Gasteiger partial charge in [-0.05, 0) is 49.3 Å². The van der Waals surface area contributed by atoms with Crippen molar-refractivity contribution in [2.75, 3.05) is 13.2 Å². The largest absolute Gasteiger partial charge is 0.462 e. The third kappa shape index (κ3) is 3.50. The van der Waals surface area contributed by atoms with Gasteiger partial charge in [0.2, 0.25) is 0 Å². The molecule has 2 heterocycles. The molecule has 5 heteroatoms. The second-order valence-corrected chi connectivity index (χ2v) is 5.49. The van der Waals surface area contributed by atoms with Crippen molar-refractivity contribution < 1.29 is 14.6 Å². The number of aliphatic hydroxyl groups excluding tert-OH is 1. The van der Waals surface area contributed by atoms with Crippen LogP contribution in [0.1, 0.15) is 54.2 Å². The van der Waals surface area contributed by atoms with Crippen molar-refractivity contribution in [3.63, 3.8) is 0 Å². The minimum atomic E-state index is -0.314. The Morgan fingerprint density at radius 3 is 2.39 bits per heavy atom. The molecule has 0 fully saturated rings. The van der Waals surface area contributed by atoms with Gasteiger partial charge in [0.25, 0.3) is 0 Å². The highest BCUT2D eigenvalue weighted by Crippen LogP contribution is 2.31. The summed E-state index contributed by atoms with van der Waals surface area (Å²) in [7, 11) is 0. The Morgan fingerprint density at radius 2 is 1.78 bits per heavy atom. The van der Waals surface area contributed by atoms with Gasteiger partial charge in [-0.2, -0.15) is 0 Å². The zero-order valence-electron chi connectivity index (χ0n) is 14.2. The van der Waals surface area contributed by atoms with Gasteiger partial charge in [-0.1, -0.05) is 13.8 Å². The molecule has 0 aliphatic heterocycles. The summed E-state index contributed by atoms with van der Waals surface area (Å²) in [6.45, 7) is 6.49. The molecule has 2 aromatic heterocycles. The first-order valence-corrected chi connectivity index (χ1v) is 8.35. The fourth-order valence-electron chi connectivity index (χ4n) is 3.00.